The Labute approximate surface area is 83.7 Å². The molecule has 0 bridgehead atoms. The number of aliphatic hydroxyl groups is 1. The van der Waals surface area contributed by atoms with Crippen LogP contribution in [0.3, 0.4) is 0 Å². The van der Waals surface area contributed by atoms with Crippen molar-refractivity contribution in [2.24, 2.45) is 7.05 Å². The standard InChI is InChI=1S/C9H17N3O2/c1-12-8-11-7-9(12)6-10-2-4-14-5-3-13/h7-8,10,13H,2-6H2,1H3. The first kappa shape index (κ1) is 11.2. The lowest BCUT2D eigenvalue weighted by atomic mass is 10.4. The molecule has 0 radical (unpaired) electrons. The van der Waals surface area contributed by atoms with Crippen LogP contribution in [-0.4, -0.2) is 41.0 Å². The molecule has 0 amide bonds. The molecule has 14 heavy (non-hydrogen) atoms. The van der Waals surface area contributed by atoms with Gasteiger partial charge in [0.15, 0.2) is 0 Å². The summed E-state index contributed by atoms with van der Waals surface area (Å²) in [5, 5.41) is 11.7. The van der Waals surface area contributed by atoms with Crippen molar-refractivity contribution in [2.75, 3.05) is 26.4 Å². The normalized spacial score (nSPS) is 10.7. The Bertz CT molecular complexity index is 250. The molecule has 0 saturated carbocycles. The zero-order valence-corrected chi connectivity index (χ0v) is 8.44. The Morgan fingerprint density at radius 2 is 2.43 bits per heavy atom. The molecule has 0 aromatic carbocycles. The third-order valence-corrected chi connectivity index (χ3v) is 1.88. The van der Waals surface area contributed by atoms with E-state index < -0.39 is 0 Å². The third kappa shape index (κ3) is 3.87. The van der Waals surface area contributed by atoms with E-state index in [1.54, 1.807) is 6.33 Å². The highest BCUT2D eigenvalue weighted by atomic mass is 16.5. The van der Waals surface area contributed by atoms with E-state index in [1.807, 2.05) is 17.8 Å². The number of hydrogen-bond acceptors (Lipinski definition) is 4. The van der Waals surface area contributed by atoms with E-state index in [4.69, 9.17) is 9.84 Å². The Hall–Kier alpha value is -0.910. The topological polar surface area (TPSA) is 59.3 Å². The van der Waals surface area contributed by atoms with Crippen LogP contribution in [0.1, 0.15) is 5.69 Å². The summed E-state index contributed by atoms with van der Waals surface area (Å²) in [6.07, 6.45) is 3.61. The minimum Gasteiger partial charge on any atom is -0.394 e. The summed E-state index contributed by atoms with van der Waals surface area (Å²) in [4.78, 5) is 4.01. The lowest BCUT2D eigenvalue weighted by Crippen LogP contribution is -2.21. The maximum absolute atomic E-state index is 8.45. The van der Waals surface area contributed by atoms with Crippen molar-refractivity contribution in [3.05, 3.63) is 18.2 Å². The summed E-state index contributed by atoms with van der Waals surface area (Å²) >= 11 is 0. The monoisotopic (exact) mass is 199 g/mol. The molecular formula is C9H17N3O2. The maximum atomic E-state index is 8.45. The van der Waals surface area contributed by atoms with Crippen LogP contribution < -0.4 is 5.32 Å². The number of nitrogens with one attached hydrogen (secondary N) is 1. The van der Waals surface area contributed by atoms with Gasteiger partial charge < -0.3 is 19.7 Å². The van der Waals surface area contributed by atoms with Crippen molar-refractivity contribution in [3.8, 4) is 0 Å². The fourth-order valence-corrected chi connectivity index (χ4v) is 1.08. The first-order chi connectivity index (χ1) is 6.84. The molecule has 1 aromatic heterocycles. The molecular weight excluding hydrogens is 182 g/mol. The molecule has 80 valence electrons. The van der Waals surface area contributed by atoms with Crippen LogP contribution in [-0.2, 0) is 18.3 Å². The predicted octanol–water partition coefficient (Wildman–Crippen LogP) is -0.481. The molecule has 0 atom stereocenters. The van der Waals surface area contributed by atoms with Crippen molar-refractivity contribution in [3.63, 3.8) is 0 Å². The SMILES string of the molecule is Cn1cncc1CNCCOCCO. The second-order valence-corrected chi connectivity index (χ2v) is 3.01. The molecule has 1 rings (SSSR count). The van der Waals surface area contributed by atoms with Crippen LogP contribution in [0.25, 0.3) is 0 Å². The Balaban J connectivity index is 2.02. The number of imidazole rings is 1. The van der Waals surface area contributed by atoms with Crippen LogP contribution in [0, 0.1) is 0 Å². The van der Waals surface area contributed by atoms with Crippen molar-refractivity contribution >= 4 is 0 Å². The van der Waals surface area contributed by atoms with Gasteiger partial charge in [0.25, 0.3) is 0 Å². The van der Waals surface area contributed by atoms with Gasteiger partial charge in [-0.3, -0.25) is 0 Å². The van der Waals surface area contributed by atoms with E-state index >= 15 is 0 Å². The minimum absolute atomic E-state index is 0.0851. The van der Waals surface area contributed by atoms with Gasteiger partial charge in [-0.1, -0.05) is 0 Å². The molecule has 0 aliphatic rings. The molecule has 0 spiro atoms. The second kappa shape index (κ2) is 6.53. The number of rotatable bonds is 7. The van der Waals surface area contributed by atoms with Crippen LogP contribution in [0.15, 0.2) is 12.5 Å². The van der Waals surface area contributed by atoms with Crippen LogP contribution in [0.2, 0.25) is 0 Å². The second-order valence-electron chi connectivity index (χ2n) is 3.01. The summed E-state index contributed by atoms with van der Waals surface area (Å²) in [5.74, 6) is 0. The summed E-state index contributed by atoms with van der Waals surface area (Å²) in [5.41, 5.74) is 1.15. The number of hydrogen-bond donors (Lipinski definition) is 2. The average Bonchev–Trinajstić information content (AvgIpc) is 2.58. The van der Waals surface area contributed by atoms with E-state index in [0.717, 1.165) is 18.8 Å². The lowest BCUT2D eigenvalue weighted by molar-refractivity contribution is 0.0937. The minimum atomic E-state index is 0.0851. The van der Waals surface area contributed by atoms with E-state index in [0.29, 0.717) is 13.2 Å². The Morgan fingerprint density at radius 3 is 3.07 bits per heavy atom. The number of aliphatic hydroxyl groups excluding tert-OH is 1. The summed E-state index contributed by atoms with van der Waals surface area (Å²) in [7, 11) is 1.96. The Morgan fingerprint density at radius 1 is 1.57 bits per heavy atom. The molecule has 0 fully saturated rings. The maximum Gasteiger partial charge on any atom is 0.0945 e. The molecule has 0 saturated heterocycles. The quantitative estimate of drug-likeness (QED) is 0.582. The lowest BCUT2D eigenvalue weighted by Gasteiger charge is -2.05. The van der Waals surface area contributed by atoms with E-state index in [-0.39, 0.29) is 6.61 Å². The van der Waals surface area contributed by atoms with Gasteiger partial charge >= 0.3 is 0 Å². The number of ether oxygens (including phenoxy) is 1. The average molecular weight is 199 g/mol. The van der Waals surface area contributed by atoms with Crippen LogP contribution in [0.5, 0.6) is 0 Å². The first-order valence-corrected chi connectivity index (χ1v) is 4.69. The summed E-state index contributed by atoms with van der Waals surface area (Å²) in [6, 6.07) is 0. The van der Waals surface area contributed by atoms with Gasteiger partial charge in [0, 0.05) is 26.3 Å². The van der Waals surface area contributed by atoms with Gasteiger partial charge in [-0.15, -0.1) is 0 Å². The molecule has 5 heteroatoms. The molecule has 0 unspecified atom stereocenters. The first-order valence-electron chi connectivity index (χ1n) is 4.69. The summed E-state index contributed by atoms with van der Waals surface area (Å²) in [6.45, 7) is 2.69. The molecule has 0 aliphatic heterocycles. The largest absolute Gasteiger partial charge is 0.394 e. The van der Waals surface area contributed by atoms with Crippen molar-refractivity contribution < 1.29 is 9.84 Å². The van der Waals surface area contributed by atoms with E-state index in [9.17, 15) is 0 Å². The fourth-order valence-electron chi connectivity index (χ4n) is 1.08. The van der Waals surface area contributed by atoms with Crippen LogP contribution >= 0.6 is 0 Å². The van der Waals surface area contributed by atoms with Crippen molar-refractivity contribution in [2.45, 2.75) is 6.54 Å². The molecule has 2 N–H and O–H groups in total. The highest BCUT2D eigenvalue weighted by molar-refractivity contribution is 4.96. The van der Waals surface area contributed by atoms with Gasteiger partial charge in [0.05, 0.1) is 31.8 Å². The zero-order valence-electron chi connectivity index (χ0n) is 8.44. The smallest absolute Gasteiger partial charge is 0.0945 e. The third-order valence-electron chi connectivity index (χ3n) is 1.88. The van der Waals surface area contributed by atoms with Crippen molar-refractivity contribution in [1.82, 2.24) is 14.9 Å². The number of aromatic nitrogens is 2. The summed E-state index contributed by atoms with van der Waals surface area (Å²) < 4.78 is 7.07. The van der Waals surface area contributed by atoms with Crippen LogP contribution in [0.4, 0.5) is 0 Å². The van der Waals surface area contributed by atoms with E-state index in [2.05, 4.69) is 10.3 Å². The zero-order chi connectivity index (χ0) is 10.2. The molecule has 0 aliphatic carbocycles. The number of nitrogens with zero attached hydrogens (tertiary/aromatic N) is 2. The predicted molar refractivity (Wildman–Crippen MR) is 52.8 cm³/mol. The van der Waals surface area contributed by atoms with Gasteiger partial charge in [-0.05, 0) is 0 Å². The molecule has 1 heterocycles. The number of aryl methyl sites for hydroxylation is 1. The van der Waals surface area contributed by atoms with E-state index in [1.165, 1.54) is 0 Å². The van der Waals surface area contributed by atoms with Gasteiger partial charge in [-0.25, -0.2) is 4.98 Å². The fraction of sp³-hybridized carbons (Fsp3) is 0.667. The highest BCUT2D eigenvalue weighted by Crippen LogP contribution is 1.94. The van der Waals surface area contributed by atoms with Crippen molar-refractivity contribution in [1.29, 1.82) is 0 Å². The highest BCUT2D eigenvalue weighted by Gasteiger charge is 1.96. The Kier molecular flexibility index (Phi) is 5.21. The molecule has 1 aromatic rings. The van der Waals surface area contributed by atoms with Gasteiger partial charge in [0.2, 0.25) is 0 Å². The molecule has 5 nitrogen and oxygen atoms in total. The van der Waals surface area contributed by atoms with Gasteiger partial charge in [-0.2, -0.15) is 0 Å². The van der Waals surface area contributed by atoms with Gasteiger partial charge in [0.1, 0.15) is 0 Å².